The minimum atomic E-state index is -0.518. The summed E-state index contributed by atoms with van der Waals surface area (Å²) in [7, 11) is 1.84. The van der Waals surface area contributed by atoms with Gasteiger partial charge in [0, 0.05) is 26.6 Å². The summed E-state index contributed by atoms with van der Waals surface area (Å²) in [6.45, 7) is 3.49. The second kappa shape index (κ2) is 6.25. The van der Waals surface area contributed by atoms with Crippen molar-refractivity contribution in [1.29, 1.82) is 0 Å². The van der Waals surface area contributed by atoms with Crippen LogP contribution >= 0.6 is 0 Å². The van der Waals surface area contributed by atoms with Gasteiger partial charge in [0.25, 0.3) is 0 Å². The summed E-state index contributed by atoms with van der Waals surface area (Å²) in [5, 5.41) is 7.03. The monoisotopic (exact) mass is 354 g/mol. The first kappa shape index (κ1) is 16.8. The molecule has 26 heavy (non-hydrogen) atoms. The molecule has 0 radical (unpaired) electrons. The highest BCUT2D eigenvalue weighted by molar-refractivity contribution is 6.00. The van der Waals surface area contributed by atoms with Crippen molar-refractivity contribution in [2.75, 3.05) is 25.0 Å². The van der Waals surface area contributed by atoms with E-state index >= 15 is 0 Å². The van der Waals surface area contributed by atoms with Crippen LogP contribution < -0.4 is 10.1 Å². The number of nitrogens with one attached hydrogen (secondary N) is 1. The number of ether oxygens (including phenoxy) is 1. The topological polar surface area (TPSA) is 76.5 Å². The number of aryl methyl sites for hydroxylation is 1. The summed E-state index contributed by atoms with van der Waals surface area (Å²) in [6.07, 6.45) is 2.76. The number of benzene rings is 1. The van der Waals surface area contributed by atoms with Crippen LogP contribution in [0.5, 0.6) is 5.75 Å². The summed E-state index contributed by atoms with van der Waals surface area (Å²) in [5.74, 6) is 0.686. The molecule has 1 aromatic heterocycles. The SMILES string of the molecule is Cc1c(NC(=O)CN2CCC3(CC(=O)c4ccccc4O3)C2)cnn1C. The van der Waals surface area contributed by atoms with Crippen LogP contribution in [0.4, 0.5) is 5.69 Å². The Labute approximate surface area is 151 Å². The van der Waals surface area contributed by atoms with E-state index in [0.29, 0.717) is 24.3 Å². The first-order chi connectivity index (χ1) is 12.5. The molecule has 2 aliphatic heterocycles. The van der Waals surface area contributed by atoms with Crippen molar-refractivity contribution in [1.82, 2.24) is 14.7 Å². The number of ketones is 1. The molecule has 1 fully saturated rings. The van der Waals surface area contributed by atoms with Gasteiger partial charge in [0.2, 0.25) is 5.91 Å². The minimum absolute atomic E-state index is 0.0827. The lowest BCUT2D eigenvalue weighted by atomic mass is 9.89. The van der Waals surface area contributed by atoms with Crippen molar-refractivity contribution in [3.05, 3.63) is 41.7 Å². The van der Waals surface area contributed by atoms with E-state index in [9.17, 15) is 9.59 Å². The maximum atomic E-state index is 12.5. The smallest absolute Gasteiger partial charge is 0.238 e. The third-order valence-electron chi connectivity index (χ3n) is 5.27. The second-order valence-corrected chi connectivity index (χ2v) is 7.16. The van der Waals surface area contributed by atoms with Gasteiger partial charge in [0.05, 0.1) is 36.1 Å². The number of fused-ring (bicyclic) bond motifs is 1. The van der Waals surface area contributed by atoms with E-state index in [1.807, 2.05) is 37.1 Å². The zero-order valence-electron chi connectivity index (χ0n) is 15.0. The highest BCUT2D eigenvalue weighted by Gasteiger charge is 2.45. The Morgan fingerprint density at radius 3 is 2.96 bits per heavy atom. The number of hydrogen-bond donors (Lipinski definition) is 1. The van der Waals surface area contributed by atoms with Gasteiger partial charge in [-0.05, 0) is 19.1 Å². The number of carbonyl (C=O) groups excluding carboxylic acids is 2. The minimum Gasteiger partial charge on any atom is -0.485 e. The van der Waals surface area contributed by atoms with Gasteiger partial charge < -0.3 is 10.1 Å². The molecule has 1 unspecified atom stereocenters. The Morgan fingerprint density at radius 2 is 2.19 bits per heavy atom. The van der Waals surface area contributed by atoms with Crippen LogP contribution in [0.2, 0.25) is 0 Å². The molecule has 4 rings (SSSR count). The van der Waals surface area contributed by atoms with Crippen LogP contribution in [-0.4, -0.2) is 51.6 Å². The zero-order chi connectivity index (χ0) is 18.3. The number of Topliss-reactive ketones (excluding diaryl/α,β-unsaturated/α-hetero) is 1. The predicted octanol–water partition coefficient (Wildman–Crippen LogP) is 1.78. The molecule has 2 aliphatic rings. The predicted molar refractivity (Wildman–Crippen MR) is 96.4 cm³/mol. The normalized spacial score (nSPS) is 22.3. The standard InChI is InChI=1S/C19H22N4O3/c1-13-15(10-20-22(13)2)21-18(25)11-23-8-7-19(12-23)9-16(24)14-5-3-4-6-17(14)26-19/h3-6,10H,7-9,11-12H2,1-2H3,(H,21,25). The Balaban J connectivity index is 1.40. The molecule has 0 aliphatic carbocycles. The fourth-order valence-corrected chi connectivity index (χ4v) is 3.75. The molecule has 1 atom stereocenters. The maximum Gasteiger partial charge on any atom is 0.238 e. The van der Waals surface area contributed by atoms with E-state index in [1.165, 1.54) is 0 Å². The van der Waals surface area contributed by atoms with Gasteiger partial charge in [-0.3, -0.25) is 19.2 Å². The molecule has 3 heterocycles. The Kier molecular flexibility index (Phi) is 4.03. The number of amides is 1. The number of para-hydroxylation sites is 1. The van der Waals surface area contributed by atoms with Crippen LogP contribution in [-0.2, 0) is 11.8 Å². The Morgan fingerprint density at radius 1 is 1.38 bits per heavy atom. The molecule has 1 amide bonds. The number of hydrogen-bond acceptors (Lipinski definition) is 5. The lowest BCUT2D eigenvalue weighted by molar-refractivity contribution is -0.117. The number of nitrogens with zero attached hydrogens (tertiary/aromatic N) is 3. The average Bonchev–Trinajstić information content (AvgIpc) is 3.12. The van der Waals surface area contributed by atoms with Crippen LogP contribution in [0, 0.1) is 6.92 Å². The van der Waals surface area contributed by atoms with Gasteiger partial charge in [0.1, 0.15) is 11.4 Å². The molecule has 7 heteroatoms. The van der Waals surface area contributed by atoms with Crippen LogP contribution in [0.15, 0.2) is 30.5 Å². The van der Waals surface area contributed by atoms with E-state index in [-0.39, 0.29) is 18.2 Å². The lowest BCUT2D eigenvalue weighted by Crippen LogP contribution is -2.45. The summed E-state index contributed by atoms with van der Waals surface area (Å²) >= 11 is 0. The molecule has 0 bridgehead atoms. The maximum absolute atomic E-state index is 12.5. The lowest BCUT2D eigenvalue weighted by Gasteiger charge is -2.34. The van der Waals surface area contributed by atoms with Gasteiger partial charge in [0.15, 0.2) is 5.78 Å². The fraction of sp³-hybridized carbons (Fsp3) is 0.421. The number of carbonyl (C=O) groups is 2. The number of aromatic nitrogens is 2. The largest absolute Gasteiger partial charge is 0.485 e. The summed E-state index contributed by atoms with van der Waals surface area (Å²) in [6, 6.07) is 7.38. The van der Waals surface area contributed by atoms with Crippen molar-refractivity contribution in [3.8, 4) is 5.75 Å². The van der Waals surface area contributed by atoms with Crippen molar-refractivity contribution in [2.45, 2.75) is 25.4 Å². The van der Waals surface area contributed by atoms with Crippen LogP contribution in [0.25, 0.3) is 0 Å². The highest BCUT2D eigenvalue weighted by Crippen LogP contribution is 2.38. The molecule has 1 spiro atoms. The fourth-order valence-electron chi connectivity index (χ4n) is 3.75. The van der Waals surface area contributed by atoms with E-state index in [1.54, 1.807) is 16.9 Å². The molecular weight excluding hydrogens is 332 g/mol. The molecule has 136 valence electrons. The average molecular weight is 354 g/mol. The molecule has 1 saturated heterocycles. The first-order valence-corrected chi connectivity index (χ1v) is 8.78. The summed E-state index contributed by atoms with van der Waals surface area (Å²) in [4.78, 5) is 26.9. The summed E-state index contributed by atoms with van der Waals surface area (Å²) in [5.41, 5.74) is 1.77. The van der Waals surface area contributed by atoms with E-state index < -0.39 is 5.60 Å². The van der Waals surface area contributed by atoms with Gasteiger partial charge in [-0.25, -0.2) is 0 Å². The van der Waals surface area contributed by atoms with Crippen LogP contribution in [0.3, 0.4) is 0 Å². The Bertz CT molecular complexity index is 875. The zero-order valence-corrected chi connectivity index (χ0v) is 15.0. The van der Waals surface area contributed by atoms with Crippen molar-refractivity contribution in [3.63, 3.8) is 0 Å². The van der Waals surface area contributed by atoms with Gasteiger partial charge in [-0.2, -0.15) is 5.10 Å². The highest BCUT2D eigenvalue weighted by atomic mass is 16.5. The first-order valence-electron chi connectivity index (χ1n) is 8.78. The van der Waals surface area contributed by atoms with Crippen LogP contribution in [0.1, 0.15) is 28.9 Å². The number of likely N-dealkylation sites (tertiary alicyclic amines) is 1. The quantitative estimate of drug-likeness (QED) is 0.909. The van der Waals surface area contributed by atoms with E-state index in [4.69, 9.17) is 4.74 Å². The third kappa shape index (κ3) is 2.99. The molecular formula is C19H22N4O3. The molecule has 1 aromatic carbocycles. The Hall–Kier alpha value is -2.67. The second-order valence-electron chi connectivity index (χ2n) is 7.16. The van der Waals surface area contributed by atoms with Crippen molar-refractivity contribution in [2.24, 2.45) is 7.05 Å². The molecule has 2 aromatic rings. The van der Waals surface area contributed by atoms with E-state index in [0.717, 1.165) is 24.3 Å². The van der Waals surface area contributed by atoms with Crippen molar-refractivity contribution >= 4 is 17.4 Å². The third-order valence-corrected chi connectivity index (χ3v) is 5.27. The van der Waals surface area contributed by atoms with Crippen molar-refractivity contribution < 1.29 is 14.3 Å². The van der Waals surface area contributed by atoms with Gasteiger partial charge >= 0.3 is 0 Å². The van der Waals surface area contributed by atoms with E-state index in [2.05, 4.69) is 10.4 Å². The molecule has 1 N–H and O–H groups in total. The summed E-state index contributed by atoms with van der Waals surface area (Å²) < 4.78 is 7.92. The number of rotatable bonds is 3. The van der Waals surface area contributed by atoms with Gasteiger partial charge in [-0.1, -0.05) is 12.1 Å². The molecule has 0 saturated carbocycles. The number of anilines is 1. The molecule has 7 nitrogen and oxygen atoms in total. The van der Waals surface area contributed by atoms with Gasteiger partial charge in [-0.15, -0.1) is 0 Å².